The number of amides is 1. The molecule has 0 bridgehead atoms. The molecule has 3 rings (SSSR count). The Balaban J connectivity index is 1.92. The fourth-order valence-corrected chi connectivity index (χ4v) is 3.77. The van der Waals surface area contributed by atoms with Gasteiger partial charge in [-0.3, -0.25) is 4.79 Å². The quantitative estimate of drug-likeness (QED) is 0.501. The molecule has 0 aliphatic heterocycles. The summed E-state index contributed by atoms with van der Waals surface area (Å²) >= 11 is 0. The summed E-state index contributed by atoms with van der Waals surface area (Å²) in [5.74, 6) is 2.03. The normalized spacial score (nSPS) is 10.8. The van der Waals surface area contributed by atoms with Gasteiger partial charge in [-0.25, -0.2) is 9.78 Å². The van der Waals surface area contributed by atoms with Crippen LogP contribution in [0.5, 0.6) is 17.2 Å². The third-order valence-electron chi connectivity index (χ3n) is 5.31. The van der Waals surface area contributed by atoms with Crippen molar-refractivity contribution in [1.29, 1.82) is 0 Å². The number of aromatic nitrogens is 2. The van der Waals surface area contributed by atoms with Crippen molar-refractivity contribution in [3.8, 4) is 28.6 Å². The number of hydrogen-bond donors (Lipinski definition) is 2. The van der Waals surface area contributed by atoms with Crippen molar-refractivity contribution in [2.75, 3.05) is 33.9 Å². The van der Waals surface area contributed by atoms with E-state index in [1.807, 2.05) is 32.9 Å². The fraction of sp³-hybridized carbons (Fsp3) is 0.375. The number of nitrogens with zero attached hydrogens (tertiary/aromatic N) is 2. The highest BCUT2D eigenvalue weighted by Gasteiger charge is 2.16. The van der Waals surface area contributed by atoms with E-state index in [0.29, 0.717) is 40.5 Å². The lowest BCUT2D eigenvalue weighted by molar-refractivity contribution is 0.135. The molecule has 0 atom stereocenters. The number of aryl methyl sites for hydroxylation is 2. The number of hydrogen-bond acceptors (Lipinski definition) is 6. The van der Waals surface area contributed by atoms with E-state index in [2.05, 4.69) is 9.97 Å². The molecule has 9 heteroatoms. The summed E-state index contributed by atoms with van der Waals surface area (Å²) < 4.78 is 16.5. The maximum absolute atomic E-state index is 12.8. The lowest BCUT2D eigenvalue weighted by Gasteiger charge is -2.20. The van der Waals surface area contributed by atoms with Crippen LogP contribution in [0.25, 0.3) is 22.3 Å². The van der Waals surface area contributed by atoms with Gasteiger partial charge in [0.1, 0.15) is 35.1 Å². The number of fused-ring (bicyclic) bond motifs is 1. The summed E-state index contributed by atoms with van der Waals surface area (Å²) in [7, 11) is 3.03. The molecule has 0 unspecified atom stereocenters. The number of carbonyl (C=O) groups is 1. The number of ether oxygens (including phenoxy) is 3. The first kappa shape index (κ1) is 23.9. The van der Waals surface area contributed by atoms with Gasteiger partial charge in [-0.2, -0.15) is 0 Å². The van der Waals surface area contributed by atoms with Gasteiger partial charge in [0.2, 0.25) is 0 Å². The van der Waals surface area contributed by atoms with Crippen LogP contribution >= 0.6 is 0 Å². The Morgan fingerprint density at radius 2 is 1.79 bits per heavy atom. The van der Waals surface area contributed by atoms with Crippen molar-refractivity contribution in [1.82, 2.24) is 14.9 Å². The monoisotopic (exact) mass is 455 g/mol. The van der Waals surface area contributed by atoms with E-state index in [0.717, 1.165) is 23.1 Å². The van der Waals surface area contributed by atoms with Crippen LogP contribution in [0.1, 0.15) is 24.5 Å². The fourth-order valence-electron chi connectivity index (χ4n) is 3.77. The highest BCUT2D eigenvalue weighted by atomic mass is 16.5. The van der Waals surface area contributed by atoms with Gasteiger partial charge in [-0.15, -0.1) is 0 Å². The van der Waals surface area contributed by atoms with E-state index >= 15 is 0 Å². The van der Waals surface area contributed by atoms with E-state index in [9.17, 15) is 14.7 Å². The van der Waals surface area contributed by atoms with Crippen molar-refractivity contribution in [2.24, 2.45) is 0 Å². The molecule has 0 saturated carbocycles. The largest absolute Gasteiger partial charge is 0.497 e. The number of carboxylic acid groups (broad SMARTS) is 1. The Morgan fingerprint density at radius 3 is 2.36 bits per heavy atom. The molecular formula is C24H29N3O6. The molecule has 0 spiro atoms. The van der Waals surface area contributed by atoms with Gasteiger partial charge < -0.3 is 29.2 Å². The number of H-pyrrole nitrogens is 1. The minimum Gasteiger partial charge on any atom is -0.497 e. The summed E-state index contributed by atoms with van der Waals surface area (Å²) in [5, 5.41) is 9.61. The molecule has 2 aromatic carbocycles. The first-order valence-electron chi connectivity index (χ1n) is 10.7. The predicted molar refractivity (Wildman–Crippen MR) is 126 cm³/mol. The molecule has 0 aliphatic carbocycles. The number of nitrogens with one attached hydrogen (secondary N) is 1. The van der Waals surface area contributed by atoms with Crippen molar-refractivity contribution < 1.29 is 24.1 Å². The molecule has 0 aliphatic rings. The van der Waals surface area contributed by atoms with E-state index in [4.69, 9.17) is 14.2 Å². The maximum atomic E-state index is 12.8. The van der Waals surface area contributed by atoms with Crippen molar-refractivity contribution >= 4 is 17.0 Å². The molecular weight excluding hydrogens is 426 g/mol. The number of rotatable bonds is 9. The van der Waals surface area contributed by atoms with Gasteiger partial charge in [-0.1, -0.05) is 6.92 Å². The molecule has 33 heavy (non-hydrogen) atoms. The Labute approximate surface area is 191 Å². The first-order valence-corrected chi connectivity index (χ1v) is 10.7. The topological polar surface area (TPSA) is 114 Å². The van der Waals surface area contributed by atoms with Crippen LogP contribution in [0, 0.1) is 13.8 Å². The molecule has 1 heterocycles. The summed E-state index contributed by atoms with van der Waals surface area (Å²) in [6, 6.07) is 7.10. The molecule has 0 fully saturated rings. The number of benzene rings is 2. The second kappa shape index (κ2) is 10.2. The van der Waals surface area contributed by atoms with E-state index in [1.165, 1.54) is 19.1 Å². The van der Waals surface area contributed by atoms with E-state index in [1.54, 1.807) is 12.1 Å². The second-order valence-electron chi connectivity index (χ2n) is 7.70. The van der Waals surface area contributed by atoms with Crippen molar-refractivity contribution in [3.63, 3.8) is 0 Å². The molecule has 176 valence electrons. The SMILES string of the molecule is CCCN(CCOc1c(C)cc(-c2nc3cc(OC)cc(OC)c3c(=O)[nH]2)cc1C)C(=O)O. The molecule has 3 aromatic rings. The Bertz CT molecular complexity index is 1200. The number of methoxy groups -OCH3 is 2. The van der Waals surface area contributed by atoms with Gasteiger partial charge in [0.25, 0.3) is 5.56 Å². The maximum Gasteiger partial charge on any atom is 0.407 e. The summed E-state index contributed by atoms with van der Waals surface area (Å²) in [4.78, 5) is 32.9. The third-order valence-corrected chi connectivity index (χ3v) is 5.31. The Kier molecular flexibility index (Phi) is 7.42. The Morgan fingerprint density at radius 1 is 1.09 bits per heavy atom. The minimum absolute atomic E-state index is 0.248. The average Bonchev–Trinajstić information content (AvgIpc) is 2.78. The van der Waals surface area contributed by atoms with Crippen LogP contribution in [0.2, 0.25) is 0 Å². The smallest absolute Gasteiger partial charge is 0.407 e. The third kappa shape index (κ3) is 5.19. The van der Waals surface area contributed by atoms with Crippen LogP contribution in [0.4, 0.5) is 4.79 Å². The average molecular weight is 456 g/mol. The van der Waals surface area contributed by atoms with Crippen LogP contribution in [0.15, 0.2) is 29.1 Å². The molecule has 0 saturated heterocycles. The second-order valence-corrected chi connectivity index (χ2v) is 7.70. The van der Waals surface area contributed by atoms with Gasteiger partial charge in [0, 0.05) is 24.2 Å². The first-order chi connectivity index (χ1) is 15.8. The number of aromatic amines is 1. The Hall–Kier alpha value is -3.75. The molecule has 0 radical (unpaired) electrons. The van der Waals surface area contributed by atoms with E-state index < -0.39 is 6.09 Å². The van der Waals surface area contributed by atoms with Crippen LogP contribution in [0.3, 0.4) is 0 Å². The molecule has 2 N–H and O–H groups in total. The van der Waals surface area contributed by atoms with Crippen LogP contribution in [-0.4, -0.2) is 60.0 Å². The van der Waals surface area contributed by atoms with Crippen LogP contribution in [-0.2, 0) is 0 Å². The summed E-state index contributed by atoms with van der Waals surface area (Å²) in [6.07, 6.45) is -0.211. The molecule has 9 nitrogen and oxygen atoms in total. The predicted octanol–water partition coefficient (Wildman–Crippen LogP) is 3.99. The van der Waals surface area contributed by atoms with Gasteiger partial charge in [-0.05, 0) is 43.5 Å². The van der Waals surface area contributed by atoms with Gasteiger partial charge in [0.15, 0.2) is 0 Å². The highest BCUT2D eigenvalue weighted by Crippen LogP contribution is 2.31. The highest BCUT2D eigenvalue weighted by molar-refractivity contribution is 5.87. The van der Waals surface area contributed by atoms with Gasteiger partial charge >= 0.3 is 6.09 Å². The lowest BCUT2D eigenvalue weighted by Crippen LogP contribution is -2.34. The van der Waals surface area contributed by atoms with Gasteiger partial charge in [0.05, 0.1) is 26.3 Å². The molecule has 1 aromatic heterocycles. The van der Waals surface area contributed by atoms with Crippen LogP contribution < -0.4 is 19.8 Å². The zero-order valence-electron chi connectivity index (χ0n) is 19.5. The molecule has 1 amide bonds. The summed E-state index contributed by atoms with van der Waals surface area (Å²) in [6.45, 7) is 6.73. The summed E-state index contributed by atoms with van der Waals surface area (Å²) in [5.41, 5.74) is 2.60. The zero-order chi connectivity index (χ0) is 24.1. The minimum atomic E-state index is -0.955. The standard InChI is InChI=1S/C24H29N3O6/c1-6-7-27(24(29)30)8-9-33-21-14(2)10-16(11-15(21)3)22-25-18-12-17(31-4)13-19(32-5)20(18)23(28)26-22/h10-13H,6-9H2,1-5H3,(H,29,30)(H,25,26,28). The van der Waals surface area contributed by atoms with Crippen molar-refractivity contribution in [2.45, 2.75) is 27.2 Å². The van der Waals surface area contributed by atoms with E-state index in [-0.39, 0.29) is 18.7 Å². The lowest BCUT2D eigenvalue weighted by atomic mass is 10.0. The zero-order valence-corrected chi connectivity index (χ0v) is 19.5. The van der Waals surface area contributed by atoms with Crippen molar-refractivity contribution in [3.05, 3.63) is 45.7 Å².